The van der Waals surface area contributed by atoms with E-state index >= 15 is 0 Å². The predicted octanol–water partition coefficient (Wildman–Crippen LogP) is 3.87. The molecule has 1 aromatic heterocycles. The zero-order valence-corrected chi connectivity index (χ0v) is 12.3. The fourth-order valence-electron chi connectivity index (χ4n) is 1.70. The van der Waals surface area contributed by atoms with Crippen molar-refractivity contribution in [2.75, 3.05) is 6.61 Å². The second-order valence-corrected chi connectivity index (χ2v) is 4.78. The molecular weight excluding hydrogens is 336 g/mol. The van der Waals surface area contributed by atoms with Gasteiger partial charge in [-0.25, -0.2) is 13.6 Å². The number of aromatic nitrogens is 1. The molecule has 0 radical (unpaired) electrons. The molecule has 0 N–H and O–H groups in total. The van der Waals surface area contributed by atoms with E-state index < -0.39 is 17.6 Å². The molecule has 0 unspecified atom stereocenters. The molecule has 7 heteroatoms. The molecule has 0 saturated heterocycles. The number of hydrogen-bond acceptors (Lipinski definition) is 4. The molecule has 0 saturated carbocycles. The molecule has 106 valence electrons. The van der Waals surface area contributed by atoms with Crippen LogP contribution in [0.1, 0.15) is 23.0 Å². The Morgan fingerprint density at radius 1 is 1.40 bits per heavy atom. The maximum absolute atomic E-state index is 13.4. The van der Waals surface area contributed by atoms with Gasteiger partial charge in [0.1, 0.15) is 17.0 Å². The molecule has 0 aliphatic rings. The summed E-state index contributed by atoms with van der Waals surface area (Å²) in [5, 5.41) is 3.73. The number of halogens is 3. The summed E-state index contributed by atoms with van der Waals surface area (Å²) in [4.78, 5) is 11.9. The largest absolute Gasteiger partial charge is 0.462 e. The normalized spacial score (nSPS) is 10.7. The summed E-state index contributed by atoms with van der Waals surface area (Å²) in [6.45, 7) is 3.38. The van der Waals surface area contributed by atoms with Crippen molar-refractivity contribution in [1.82, 2.24) is 5.16 Å². The van der Waals surface area contributed by atoms with Gasteiger partial charge in [0.2, 0.25) is 0 Å². The lowest BCUT2D eigenvalue weighted by molar-refractivity contribution is 0.0525. The highest BCUT2D eigenvalue weighted by Crippen LogP contribution is 2.33. The first-order chi connectivity index (χ1) is 9.45. The van der Waals surface area contributed by atoms with Crippen molar-refractivity contribution in [2.24, 2.45) is 0 Å². The van der Waals surface area contributed by atoms with Gasteiger partial charge in [-0.15, -0.1) is 0 Å². The SMILES string of the molecule is CCOC(=O)c1c(-c2cc(F)c(F)cc2Br)noc1C. The Hall–Kier alpha value is -1.76. The fraction of sp³-hybridized carbons (Fsp3) is 0.231. The van der Waals surface area contributed by atoms with Gasteiger partial charge in [0.25, 0.3) is 0 Å². The Morgan fingerprint density at radius 3 is 2.70 bits per heavy atom. The van der Waals surface area contributed by atoms with Crippen LogP contribution in [0.15, 0.2) is 21.1 Å². The van der Waals surface area contributed by atoms with Crippen molar-refractivity contribution in [3.63, 3.8) is 0 Å². The number of hydrogen-bond donors (Lipinski definition) is 0. The number of esters is 1. The van der Waals surface area contributed by atoms with E-state index in [2.05, 4.69) is 21.1 Å². The predicted molar refractivity (Wildman–Crippen MR) is 70.2 cm³/mol. The van der Waals surface area contributed by atoms with Crippen molar-refractivity contribution >= 4 is 21.9 Å². The van der Waals surface area contributed by atoms with Crippen molar-refractivity contribution < 1.29 is 22.8 Å². The lowest BCUT2D eigenvalue weighted by Gasteiger charge is -2.05. The number of carbonyl (C=O) groups excluding carboxylic acids is 1. The second-order valence-electron chi connectivity index (χ2n) is 3.93. The first-order valence-electron chi connectivity index (χ1n) is 5.74. The van der Waals surface area contributed by atoms with Crippen LogP contribution in [0.5, 0.6) is 0 Å². The number of carbonyl (C=O) groups is 1. The third-order valence-electron chi connectivity index (χ3n) is 2.61. The first-order valence-corrected chi connectivity index (χ1v) is 6.53. The summed E-state index contributed by atoms with van der Waals surface area (Å²) in [5.41, 5.74) is 0.411. The van der Waals surface area contributed by atoms with Gasteiger partial charge < -0.3 is 9.26 Å². The molecule has 20 heavy (non-hydrogen) atoms. The minimum Gasteiger partial charge on any atom is -0.462 e. The molecular formula is C13H10BrF2NO3. The summed E-state index contributed by atoms with van der Waals surface area (Å²) in [7, 11) is 0. The van der Waals surface area contributed by atoms with Gasteiger partial charge in [0.05, 0.1) is 6.61 Å². The smallest absolute Gasteiger partial charge is 0.344 e. The first kappa shape index (κ1) is 14.6. The van der Waals surface area contributed by atoms with Gasteiger partial charge in [0.15, 0.2) is 11.6 Å². The van der Waals surface area contributed by atoms with E-state index in [4.69, 9.17) is 9.26 Å². The molecule has 0 atom stereocenters. The molecule has 2 rings (SSSR count). The molecule has 0 aliphatic heterocycles. The Bertz CT molecular complexity index is 670. The molecule has 2 aromatic rings. The minimum absolute atomic E-state index is 0.0959. The van der Waals surface area contributed by atoms with Gasteiger partial charge >= 0.3 is 5.97 Å². The van der Waals surface area contributed by atoms with E-state index in [1.807, 2.05) is 0 Å². The summed E-state index contributed by atoms with van der Waals surface area (Å²) in [5.74, 6) is -2.43. The van der Waals surface area contributed by atoms with Gasteiger partial charge in [-0.3, -0.25) is 0 Å². The molecule has 1 aromatic carbocycles. The summed E-state index contributed by atoms with van der Waals surface area (Å²) >= 11 is 3.11. The van der Waals surface area contributed by atoms with Gasteiger partial charge in [-0.1, -0.05) is 5.16 Å². The van der Waals surface area contributed by atoms with Gasteiger partial charge in [-0.05, 0) is 41.9 Å². The Balaban J connectivity index is 2.59. The van der Waals surface area contributed by atoms with Crippen LogP contribution >= 0.6 is 15.9 Å². The summed E-state index contributed by atoms with van der Waals surface area (Å²) < 4.78 is 36.6. The number of rotatable bonds is 3. The molecule has 0 aliphatic carbocycles. The number of benzene rings is 1. The topological polar surface area (TPSA) is 52.3 Å². The number of aryl methyl sites for hydroxylation is 1. The van der Waals surface area contributed by atoms with Crippen LogP contribution in [0, 0.1) is 18.6 Å². The van der Waals surface area contributed by atoms with Crippen LogP contribution < -0.4 is 0 Å². The van der Waals surface area contributed by atoms with E-state index in [1.54, 1.807) is 6.92 Å². The summed E-state index contributed by atoms with van der Waals surface area (Å²) in [6.07, 6.45) is 0. The third kappa shape index (κ3) is 2.58. The highest BCUT2D eigenvalue weighted by Gasteiger charge is 2.25. The van der Waals surface area contributed by atoms with E-state index in [-0.39, 0.29) is 33.7 Å². The van der Waals surface area contributed by atoms with Crippen LogP contribution in [-0.2, 0) is 4.74 Å². The van der Waals surface area contributed by atoms with E-state index in [0.29, 0.717) is 0 Å². The second kappa shape index (κ2) is 5.70. The fourth-order valence-corrected chi connectivity index (χ4v) is 2.21. The molecule has 0 fully saturated rings. The maximum atomic E-state index is 13.4. The average Bonchev–Trinajstić information content (AvgIpc) is 2.76. The van der Waals surface area contributed by atoms with Crippen molar-refractivity contribution in [3.8, 4) is 11.3 Å². The number of ether oxygens (including phenoxy) is 1. The van der Waals surface area contributed by atoms with Crippen LogP contribution in [-0.4, -0.2) is 17.7 Å². The van der Waals surface area contributed by atoms with Crippen LogP contribution in [0.25, 0.3) is 11.3 Å². The Morgan fingerprint density at radius 2 is 2.05 bits per heavy atom. The van der Waals surface area contributed by atoms with Crippen molar-refractivity contribution in [3.05, 3.63) is 39.6 Å². The van der Waals surface area contributed by atoms with Gasteiger partial charge in [0, 0.05) is 10.0 Å². The number of nitrogens with zero attached hydrogens (tertiary/aromatic N) is 1. The molecule has 4 nitrogen and oxygen atoms in total. The van der Waals surface area contributed by atoms with Crippen LogP contribution in [0.2, 0.25) is 0 Å². The summed E-state index contributed by atoms with van der Waals surface area (Å²) in [6, 6.07) is 1.91. The Labute approximate surface area is 121 Å². The monoisotopic (exact) mass is 345 g/mol. The van der Waals surface area contributed by atoms with E-state index in [1.165, 1.54) is 6.92 Å². The zero-order chi connectivity index (χ0) is 14.9. The van der Waals surface area contributed by atoms with Crippen LogP contribution in [0.4, 0.5) is 8.78 Å². The third-order valence-corrected chi connectivity index (χ3v) is 3.26. The standard InChI is InChI=1S/C13H10BrF2NO3/c1-3-19-13(18)11-6(2)20-17-12(11)7-4-9(15)10(16)5-8(7)14/h4-5H,3H2,1-2H3. The van der Waals surface area contributed by atoms with Gasteiger partial charge in [-0.2, -0.15) is 0 Å². The zero-order valence-electron chi connectivity index (χ0n) is 10.7. The van der Waals surface area contributed by atoms with E-state index in [9.17, 15) is 13.6 Å². The van der Waals surface area contributed by atoms with Crippen LogP contribution in [0.3, 0.4) is 0 Å². The maximum Gasteiger partial charge on any atom is 0.344 e. The molecule has 0 amide bonds. The highest BCUT2D eigenvalue weighted by molar-refractivity contribution is 9.10. The highest BCUT2D eigenvalue weighted by atomic mass is 79.9. The van der Waals surface area contributed by atoms with E-state index in [0.717, 1.165) is 12.1 Å². The Kier molecular flexibility index (Phi) is 4.17. The lowest BCUT2D eigenvalue weighted by atomic mass is 10.1. The molecule has 1 heterocycles. The quantitative estimate of drug-likeness (QED) is 0.625. The van der Waals surface area contributed by atoms with Crippen molar-refractivity contribution in [1.29, 1.82) is 0 Å². The lowest BCUT2D eigenvalue weighted by Crippen LogP contribution is -2.07. The van der Waals surface area contributed by atoms with Crippen molar-refractivity contribution in [2.45, 2.75) is 13.8 Å². The minimum atomic E-state index is -1.04. The molecule has 0 bridgehead atoms. The molecule has 0 spiro atoms. The average molecular weight is 346 g/mol.